The van der Waals surface area contributed by atoms with Gasteiger partial charge in [0.2, 0.25) is 0 Å². The molecule has 4 aliphatic carbocycles. The summed E-state index contributed by atoms with van der Waals surface area (Å²) in [6.45, 7) is 17.3. The first-order valence-corrected chi connectivity index (χ1v) is 18.8. The zero-order valence-corrected chi connectivity index (χ0v) is 29.3. The van der Waals surface area contributed by atoms with E-state index in [1.807, 2.05) is 0 Å². The molecular weight excluding hydrogens is 524 g/mol. The quantitative estimate of drug-likeness (QED) is 0.107. The minimum atomic E-state index is 0.0247. The molecule has 0 heterocycles. The first kappa shape index (κ1) is 34.6. The van der Waals surface area contributed by atoms with Crippen LogP contribution in [0.4, 0.5) is 0 Å². The molecule has 3 fully saturated rings. The second-order valence-corrected chi connectivity index (χ2v) is 16.3. The summed E-state index contributed by atoms with van der Waals surface area (Å²) in [6, 6.07) is 0. The maximum Gasteiger partial charge on any atom is 0.306 e. The third-order valence-electron chi connectivity index (χ3n) is 13.4. The molecule has 4 aliphatic rings. The van der Waals surface area contributed by atoms with Crippen LogP contribution in [0.15, 0.2) is 36.0 Å². The fraction of sp³-hybridized carbons (Fsp3) is 0.829. The largest absolute Gasteiger partial charge is 0.462 e. The molecule has 244 valence electrons. The number of carbonyl (C=O) groups excluding carboxylic acids is 1. The van der Waals surface area contributed by atoms with Crippen molar-refractivity contribution in [2.24, 2.45) is 52.3 Å². The Kier molecular flexibility index (Phi) is 12.7. The van der Waals surface area contributed by atoms with E-state index in [9.17, 15) is 4.79 Å². The van der Waals surface area contributed by atoms with Crippen LogP contribution < -0.4 is 0 Å². The van der Waals surface area contributed by atoms with Crippen LogP contribution in [0.25, 0.3) is 0 Å². The zero-order chi connectivity index (χ0) is 31.0. The van der Waals surface area contributed by atoms with Gasteiger partial charge in [0.25, 0.3) is 0 Å². The highest BCUT2D eigenvalue weighted by atomic mass is 16.5. The lowest BCUT2D eigenvalue weighted by molar-refractivity contribution is -0.151. The van der Waals surface area contributed by atoms with E-state index < -0.39 is 0 Å². The molecular formula is C41H68O2. The van der Waals surface area contributed by atoms with Crippen LogP contribution in [0.5, 0.6) is 0 Å². The topological polar surface area (TPSA) is 26.3 Å². The van der Waals surface area contributed by atoms with E-state index in [0.29, 0.717) is 17.3 Å². The van der Waals surface area contributed by atoms with Crippen LogP contribution in [0, 0.1) is 52.3 Å². The van der Waals surface area contributed by atoms with Crippen molar-refractivity contribution in [2.45, 2.75) is 164 Å². The second kappa shape index (κ2) is 15.8. The van der Waals surface area contributed by atoms with Gasteiger partial charge < -0.3 is 4.74 Å². The van der Waals surface area contributed by atoms with E-state index in [2.05, 4.69) is 78.8 Å². The molecule has 3 saturated carbocycles. The summed E-state index contributed by atoms with van der Waals surface area (Å²) in [5.74, 6) is 6.03. The van der Waals surface area contributed by atoms with Crippen molar-refractivity contribution < 1.29 is 9.53 Å². The number of fused-ring (bicyclic) bond motifs is 5. The molecule has 0 aliphatic heterocycles. The summed E-state index contributed by atoms with van der Waals surface area (Å²) in [7, 11) is 0. The van der Waals surface area contributed by atoms with Crippen LogP contribution in [-0.4, -0.2) is 12.1 Å². The van der Waals surface area contributed by atoms with Crippen molar-refractivity contribution >= 4 is 5.97 Å². The minimum absolute atomic E-state index is 0.0247. The lowest BCUT2D eigenvalue weighted by Crippen LogP contribution is -2.51. The fourth-order valence-corrected chi connectivity index (χ4v) is 10.2. The summed E-state index contributed by atoms with van der Waals surface area (Å²) in [6.07, 6.45) is 31.9. The Bertz CT molecular complexity index is 972. The lowest BCUT2D eigenvalue weighted by atomic mass is 9.47. The van der Waals surface area contributed by atoms with Crippen molar-refractivity contribution in [3.63, 3.8) is 0 Å². The average Bonchev–Trinajstić information content (AvgIpc) is 3.34. The van der Waals surface area contributed by atoms with Gasteiger partial charge in [-0.1, -0.05) is 104 Å². The molecule has 2 heteroatoms. The highest BCUT2D eigenvalue weighted by Crippen LogP contribution is 2.67. The molecule has 0 radical (unpaired) electrons. The number of unbranched alkanes of at least 4 members (excludes halogenated alkanes) is 3. The molecule has 0 spiro atoms. The fourth-order valence-electron chi connectivity index (χ4n) is 10.2. The van der Waals surface area contributed by atoms with Crippen LogP contribution >= 0.6 is 0 Å². The Hall–Kier alpha value is -1.31. The number of carbonyl (C=O) groups is 1. The Balaban J connectivity index is 1.25. The molecule has 43 heavy (non-hydrogen) atoms. The van der Waals surface area contributed by atoms with Crippen LogP contribution in [0.3, 0.4) is 0 Å². The first-order chi connectivity index (χ1) is 20.6. The SMILES string of the molecule is CCC/C=C\C/C=C\CCCCC(=O)OC1CCC2(C)C(=CCC3C2CCC2(C)C(C(C)CCC(C)C(C)C)CCC32)C1. The number of ether oxygens (including phenoxy) is 1. The Morgan fingerprint density at radius 2 is 1.70 bits per heavy atom. The minimum Gasteiger partial charge on any atom is -0.462 e. The zero-order valence-electron chi connectivity index (χ0n) is 29.3. The number of hydrogen-bond donors (Lipinski definition) is 0. The highest BCUT2D eigenvalue weighted by Gasteiger charge is 2.59. The van der Waals surface area contributed by atoms with Gasteiger partial charge in [0.1, 0.15) is 6.10 Å². The van der Waals surface area contributed by atoms with Crippen LogP contribution in [0.1, 0.15) is 158 Å². The number of rotatable bonds is 15. The third-order valence-corrected chi connectivity index (χ3v) is 13.4. The van der Waals surface area contributed by atoms with E-state index in [0.717, 1.165) is 80.0 Å². The predicted molar refractivity (Wildman–Crippen MR) is 184 cm³/mol. The van der Waals surface area contributed by atoms with Gasteiger partial charge in [0.05, 0.1) is 0 Å². The standard InChI is InChI=1S/C41H68O2/c1-8-9-10-11-12-13-14-15-16-17-18-39(42)43-34-25-27-40(6)33(29-34)21-22-35-37-24-23-36(41(37,7)28-26-38(35)40)32(5)20-19-31(4)30(2)3/h10-11,13-14,21,30-32,34-38H,8-9,12,15-20,22-29H2,1-7H3/b11-10-,14-13-. The van der Waals surface area contributed by atoms with Crippen LogP contribution in [-0.2, 0) is 9.53 Å². The van der Waals surface area contributed by atoms with Gasteiger partial charge in [-0.3, -0.25) is 4.79 Å². The van der Waals surface area contributed by atoms with Gasteiger partial charge in [-0.25, -0.2) is 0 Å². The summed E-state index contributed by atoms with van der Waals surface area (Å²) in [5.41, 5.74) is 2.49. The van der Waals surface area contributed by atoms with E-state index in [4.69, 9.17) is 4.74 Å². The first-order valence-electron chi connectivity index (χ1n) is 18.8. The second-order valence-electron chi connectivity index (χ2n) is 16.3. The molecule has 9 unspecified atom stereocenters. The Morgan fingerprint density at radius 1 is 0.930 bits per heavy atom. The van der Waals surface area contributed by atoms with Crippen molar-refractivity contribution in [3.05, 3.63) is 36.0 Å². The molecule has 4 rings (SSSR count). The monoisotopic (exact) mass is 593 g/mol. The summed E-state index contributed by atoms with van der Waals surface area (Å²) in [4.78, 5) is 12.7. The molecule has 0 N–H and O–H groups in total. The normalized spacial score (nSPS) is 35.4. The molecule has 0 aromatic rings. The molecule has 0 aromatic heterocycles. The maximum absolute atomic E-state index is 12.7. The Labute approximate surface area is 267 Å². The van der Waals surface area contributed by atoms with Crippen LogP contribution in [0.2, 0.25) is 0 Å². The molecule has 9 atom stereocenters. The molecule has 2 nitrogen and oxygen atoms in total. The van der Waals surface area contributed by atoms with E-state index in [1.54, 1.807) is 5.57 Å². The molecule has 0 saturated heterocycles. The predicted octanol–water partition coefficient (Wildman–Crippen LogP) is 12.0. The van der Waals surface area contributed by atoms with E-state index in [1.165, 1.54) is 64.2 Å². The van der Waals surface area contributed by atoms with Crippen molar-refractivity contribution in [1.29, 1.82) is 0 Å². The highest BCUT2D eigenvalue weighted by molar-refractivity contribution is 5.69. The van der Waals surface area contributed by atoms with Crippen molar-refractivity contribution in [1.82, 2.24) is 0 Å². The van der Waals surface area contributed by atoms with Gasteiger partial charge in [0.15, 0.2) is 0 Å². The summed E-state index contributed by atoms with van der Waals surface area (Å²) >= 11 is 0. The number of hydrogen-bond acceptors (Lipinski definition) is 2. The molecule has 0 amide bonds. The van der Waals surface area contributed by atoms with E-state index in [-0.39, 0.29) is 12.1 Å². The van der Waals surface area contributed by atoms with Gasteiger partial charge in [-0.15, -0.1) is 0 Å². The third kappa shape index (κ3) is 8.30. The van der Waals surface area contributed by atoms with Gasteiger partial charge in [-0.05, 0) is 129 Å². The summed E-state index contributed by atoms with van der Waals surface area (Å²) < 4.78 is 6.08. The van der Waals surface area contributed by atoms with E-state index >= 15 is 0 Å². The lowest BCUT2D eigenvalue weighted by Gasteiger charge is -2.58. The average molecular weight is 593 g/mol. The number of esters is 1. The smallest absolute Gasteiger partial charge is 0.306 e. The Morgan fingerprint density at radius 3 is 2.44 bits per heavy atom. The van der Waals surface area contributed by atoms with Gasteiger partial charge in [0, 0.05) is 12.8 Å². The van der Waals surface area contributed by atoms with Crippen molar-refractivity contribution in [3.8, 4) is 0 Å². The summed E-state index contributed by atoms with van der Waals surface area (Å²) in [5, 5.41) is 0. The van der Waals surface area contributed by atoms with Gasteiger partial charge >= 0.3 is 5.97 Å². The van der Waals surface area contributed by atoms with Gasteiger partial charge in [-0.2, -0.15) is 0 Å². The maximum atomic E-state index is 12.7. The number of allylic oxidation sites excluding steroid dienone is 5. The molecule has 0 bridgehead atoms. The van der Waals surface area contributed by atoms with Crippen molar-refractivity contribution in [2.75, 3.05) is 0 Å². The molecule has 0 aromatic carbocycles.